The van der Waals surface area contributed by atoms with Crippen LogP contribution in [0.1, 0.15) is 53.4 Å². The normalized spacial score (nSPS) is 12.4. The lowest BCUT2D eigenvalue weighted by Gasteiger charge is -2.23. The summed E-state index contributed by atoms with van der Waals surface area (Å²) in [4.78, 5) is 64.8. The maximum Gasteiger partial charge on any atom is 0.330 e. The lowest BCUT2D eigenvalue weighted by Crippen LogP contribution is -2.52. The van der Waals surface area contributed by atoms with Gasteiger partial charge in [-0.2, -0.15) is 0 Å². The Bertz CT molecular complexity index is 559. The van der Waals surface area contributed by atoms with Crippen molar-refractivity contribution in [2.24, 2.45) is 5.73 Å². The number of urea groups is 2. The van der Waals surface area contributed by atoms with Gasteiger partial charge in [-0.15, -0.1) is 0 Å². The van der Waals surface area contributed by atoms with Crippen LogP contribution in [0.3, 0.4) is 0 Å². The van der Waals surface area contributed by atoms with Crippen molar-refractivity contribution in [2.45, 2.75) is 53.4 Å². The van der Waals surface area contributed by atoms with Crippen LogP contribution < -0.4 is 16.4 Å². The quantitative estimate of drug-likeness (QED) is 0.365. The third kappa shape index (κ3) is 15.8. The zero-order chi connectivity index (χ0) is 23.5. The number of nitrogens with one attached hydrogen (secondary N) is 2. The van der Waals surface area contributed by atoms with Crippen LogP contribution in [-0.2, 0) is 28.7 Å². The maximum atomic E-state index is 11.0. The number of barbiturate groups is 1. The molecular weight excluding hydrogens is 400 g/mol. The molecule has 0 unspecified atom stereocenters. The van der Waals surface area contributed by atoms with Crippen LogP contribution in [0, 0.1) is 0 Å². The molecule has 1 fully saturated rings. The first kappa shape index (κ1) is 29.0. The smallest absolute Gasteiger partial charge is 0.330 e. The molecule has 12 heteroatoms. The van der Waals surface area contributed by atoms with Crippen molar-refractivity contribution < 1.29 is 38.2 Å². The third-order valence-electron chi connectivity index (χ3n) is 3.00. The van der Waals surface area contributed by atoms with Gasteiger partial charge in [0.25, 0.3) is 0 Å². The molecule has 0 radical (unpaired) electrons. The Balaban J connectivity index is 0. The van der Waals surface area contributed by atoms with E-state index >= 15 is 0 Å². The molecule has 0 aliphatic carbocycles. The Morgan fingerprint density at radius 2 is 1.53 bits per heavy atom. The fraction of sp³-hybridized carbons (Fsp3) is 0.667. The minimum absolute atomic E-state index is 0.217. The van der Waals surface area contributed by atoms with Crippen molar-refractivity contribution >= 4 is 35.8 Å². The molecule has 0 aromatic heterocycles. The second-order valence-electron chi connectivity index (χ2n) is 5.65. The van der Waals surface area contributed by atoms with Crippen LogP contribution >= 0.6 is 0 Å². The molecule has 0 bridgehead atoms. The minimum atomic E-state index is -0.599. The number of nitrogens with two attached hydrogens (primary N) is 1. The monoisotopic (exact) mass is 432 g/mol. The summed E-state index contributed by atoms with van der Waals surface area (Å²) in [7, 11) is 0. The second kappa shape index (κ2) is 17.9. The highest BCUT2D eigenvalue weighted by Gasteiger charge is 2.29. The number of esters is 2. The Kier molecular flexibility index (Phi) is 17.3. The predicted molar refractivity (Wildman–Crippen MR) is 106 cm³/mol. The number of carbonyl (C=O) groups is 6. The van der Waals surface area contributed by atoms with E-state index in [0.29, 0.717) is 19.5 Å². The van der Waals surface area contributed by atoms with Gasteiger partial charge < -0.3 is 20.5 Å². The fourth-order valence-electron chi connectivity index (χ4n) is 1.82. The first-order valence-electron chi connectivity index (χ1n) is 9.61. The van der Waals surface area contributed by atoms with Gasteiger partial charge in [0.1, 0.15) is 12.8 Å². The van der Waals surface area contributed by atoms with Crippen molar-refractivity contribution in [1.82, 2.24) is 15.5 Å². The highest BCUT2D eigenvalue weighted by atomic mass is 16.6. The largest absolute Gasteiger partial charge is 0.466 e. The average Bonchev–Trinajstić information content (AvgIpc) is 2.64. The highest BCUT2D eigenvalue weighted by molar-refractivity contribution is 6.14. The average molecular weight is 432 g/mol. The van der Waals surface area contributed by atoms with E-state index in [4.69, 9.17) is 5.73 Å². The van der Waals surface area contributed by atoms with Gasteiger partial charge in [0, 0.05) is 13.1 Å². The molecule has 12 nitrogen and oxygen atoms in total. The number of imide groups is 2. The lowest BCUT2D eigenvalue weighted by molar-refractivity contribution is -0.154. The van der Waals surface area contributed by atoms with Gasteiger partial charge in [0.2, 0.25) is 11.8 Å². The van der Waals surface area contributed by atoms with Gasteiger partial charge in [-0.25, -0.2) is 9.59 Å². The van der Waals surface area contributed by atoms with Crippen LogP contribution in [0.2, 0.25) is 0 Å². The second-order valence-corrected chi connectivity index (χ2v) is 5.65. The Morgan fingerprint density at radius 3 is 1.87 bits per heavy atom. The van der Waals surface area contributed by atoms with Crippen molar-refractivity contribution in [3.05, 3.63) is 0 Å². The van der Waals surface area contributed by atoms with Gasteiger partial charge in [0.05, 0.1) is 13.2 Å². The van der Waals surface area contributed by atoms with E-state index < -0.39 is 35.8 Å². The van der Waals surface area contributed by atoms with Crippen LogP contribution in [0.15, 0.2) is 0 Å². The lowest BCUT2D eigenvalue weighted by atomic mass is 10.3. The molecule has 6 amide bonds. The SMILES string of the molecule is CCCN1C(=O)CC(=O)NC1=O.CCCNC(N)=O.CCOC(=O)CC(=O)OCC. The van der Waals surface area contributed by atoms with E-state index in [2.05, 4.69) is 20.1 Å². The zero-order valence-electron chi connectivity index (χ0n) is 17.9. The Morgan fingerprint density at radius 1 is 1.00 bits per heavy atom. The van der Waals surface area contributed by atoms with Gasteiger partial charge in [0.15, 0.2) is 0 Å². The van der Waals surface area contributed by atoms with Crippen LogP contribution in [-0.4, -0.2) is 67.0 Å². The van der Waals surface area contributed by atoms with Crippen molar-refractivity contribution in [1.29, 1.82) is 0 Å². The summed E-state index contributed by atoms with van der Waals surface area (Å²) in [6.07, 6.45) is 1.13. The van der Waals surface area contributed by atoms with Crippen molar-refractivity contribution in [3.63, 3.8) is 0 Å². The summed E-state index contributed by atoms with van der Waals surface area (Å²) in [5, 5.41) is 4.51. The van der Waals surface area contributed by atoms with Crippen molar-refractivity contribution in [3.8, 4) is 0 Å². The Labute approximate surface area is 175 Å². The summed E-state index contributed by atoms with van der Waals surface area (Å²) in [6, 6.07) is -1.04. The number of carbonyl (C=O) groups excluding carboxylic acids is 6. The number of amides is 6. The number of ether oxygens (including phenoxy) is 2. The standard InChI is InChI=1S/C7H10N2O3.C7H12O4.C4H10N2O/c1-2-3-9-6(11)4-5(10)8-7(9)12;1-3-10-6(8)5-7(9)11-4-2;1-2-3-6-4(5)7/h2-4H2,1H3,(H,8,10,12);3-5H2,1-2H3;2-3H2,1H3,(H3,5,6,7). The molecule has 0 aromatic carbocycles. The van der Waals surface area contributed by atoms with Crippen LogP contribution in [0.25, 0.3) is 0 Å². The summed E-state index contributed by atoms with van der Waals surface area (Å²) >= 11 is 0. The fourth-order valence-corrected chi connectivity index (χ4v) is 1.82. The molecular formula is C18H32N4O8. The van der Waals surface area contributed by atoms with E-state index in [1.54, 1.807) is 13.8 Å². The van der Waals surface area contributed by atoms with Gasteiger partial charge >= 0.3 is 24.0 Å². The molecule has 1 rings (SSSR count). The molecule has 172 valence electrons. The molecule has 0 aromatic rings. The molecule has 0 spiro atoms. The topological polar surface area (TPSA) is 174 Å². The zero-order valence-corrected chi connectivity index (χ0v) is 17.9. The summed E-state index contributed by atoms with van der Waals surface area (Å²) in [6.45, 7) is 8.82. The Hall–Kier alpha value is -3.18. The first-order valence-corrected chi connectivity index (χ1v) is 9.61. The first-order chi connectivity index (χ1) is 14.1. The molecule has 4 N–H and O–H groups in total. The predicted octanol–water partition coefficient (Wildman–Crippen LogP) is 0.432. The molecule has 1 heterocycles. The number of primary amides is 1. The number of nitrogens with zero attached hydrogens (tertiary/aromatic N) is 1. The van der Waals surface area contributed by atoms with E-state index in [1.165, 1.54) is 0 Å². The molecule has 0 atom stereocenters. The molecule has 1 aliphatic rings. The van der Waals surface area contributed by atoms with E-state index in [-0.39, 0.29) is 26.1 Å². The number of hydrogen-bond acceptors (Lipinski definition) is 8. The molecule has 30 heavy (non-hydrogen) atoms. The summed E-state index contributed by atoms with van der Waals surface area (Å²) in [5.41, 5.74) is 4.73. The van der Waals surface area contributed by atoms with Crippen molar-refractivity contribution in [2.75, 3.05) is 26.3 Å². The van der Waals surface area contributed by atoms with E-state index in [0.717, 1.165) is 11.3 Å². The highest BCUT2D eigenvalue weighted by Crippen LogP contribution is 2.02. The molecule has 0 saturated carbocycles. The van der Waals surface area contributed by atoms with Gasteiger partial charge in [-0.1, -0.05) is 13.8 Å². The molecule has 1 aliphatic heterocycles. The summed E-state index contributed by atoms with van der Waals surface area (Å²) < 4.78 is 9.04. The van der Waals surface area contributed by atoms with Crippen LogP contribution in [0.5, 0.6) is 0 Å². The summed E-state index contributed by atoms with van der Waals surface area (Å²) in [5.74, 6) is -2.00. The van der Waals surface area contributed by atoms with E-state index in [9.17, 15) is 28.8 Å². The maximum absolute atomic E-state index is 11.0. The molecule has 1 saturated heterocycles. The van der Waals surface area contributed by atoms with Crippen LogP contribution in [0.4, 0.5) is 9.59 Å². The number of hydrogen-bond donors (Lipinski definition) is 3. The van der Waals surface area contributed by atoms with Gasteiger partial charge in [-0.05, 0) is 26.7 Å². The van der Waals surface area contributed by atoms with E-state index in [1.807, 2.05) is 13.8 Å². The third-order valence-corrected chi connectivity index (χ3v) is 3.00. The number of rotatable bonds is 8. The minimum Gasteiger partial charge on any atom is -0.466 e. The van der Waals surface area contributed by atoms with Gasteiger partial charge in [-0.3, -0.25) is 29.4 Å².